The number of halogens is 3. The van der Waals surface area contributed by atoms with Crippen LogP contribution in [0.5, 0.6) is 0 Å². The van der Waals surface area contributed by atoms with Gasteiger partial charge in [-0.3, -0.25) is 0 Å². The number of anilines is 1. The third-order valence-corrected chi connectivity index (χ3v) is 5.43. The standard InChI is InChI=1S/C19H26F3N3O/c20-19(21,22)12-15-6-10-24(13-15)11-7-16-4-3-8-23-18(16)25-9-2-1-5-17(25)14-26/h3-4,8,14-15,17H,1-2,5-7,9-13H2/t15-,17?/m0/s1. The molecule has 1 aromatic rings. The van der Waals surface area contributed by atoms with Gasteiger partial charge in [-0.05, 0) is 56.2 Å². The number of carbonyl (C=O) groups is 1. The lowest BCUT2D eigenvalue weighted by Crippen LogP contribution is -2.41. The second-order valence-electron chi connectivity index (χ2n) is 7.40. The minimum Gasteiger partial charge on any atom is -0.347 e. The van der Waals surface area contributed by atoms with Gasteiger partial charge in [-0.2, -0.15) is 13.2 Å². The highest BCUT2D eigenvalue weighted by Crippen LogP contribution is 2.31. The van der Waals surface area contributed by atoms with Crippen molar-refractivity contribution in [3.05, 3.63) is 23.9 Å². The molecule has 0 amide bonds. The molecule has 0 saturated carbocycles. The third-order valence-electron chi connectivity index (χ3n) is 5.43. The van der Waals surface area contributed by atoms with Crippen LogP contribution in [0.25, 0.3) is 0 Å². The fourth-order valence-electron chi connectivity index (χ4n) is 4.13. The quantitative estimate of drug-likeness (QED) is 0.720. The van der Waals surface area contributed by atoms with E-state index in [-0.39, 0.29) is 12.0 Å². The summed E-state index contributed by atoms with van der Waals surface area (Å²) in [6, 6.07) is 3.78. The number of alkyl halides is 3. The predicted molar refractivity (Wildman–Crippen MR) is 94.2 cm³/mol. The molecule has 7 heteroatoms. The number of aromatic nitrogens is 1. The predicted octanol–water partition coefficient (Wildman–Crippen LogP) is 3.46. The number of carbonyl (C=O) groups excluding carboxylic acids is 1. The van der Waals surface area contributed by atoms with E-state index in [4.69, 9.17) is 0 Å². The Hall–Kier alpha value is -1.63. The number of pyridine rings is 1. The van der Waals surface area contributed by atoms with Crippen molar-refractivity contribution in [3.63, 3.8) is 0 Å². The maximum absolute atomic E-state index is 12.6. The Balaban J connectivity index is 1.60. The van der Waals surface area contributed by atoms with E-state index in [1.807, 2.05) is 12.1 Å². The molecule has 2 fully saturated rings. The van der Waals surface area contributed by atoms with E-state index in [0.717, 1.165) is 63.0 Å². The topological polar surface area (TPSA) is 36.4 Å². The van der Waals surface area contributed by atoms with Crippen LogP contribution in [0, 0.1) is 5.92 Å². The van der Waals surface area contributed by atoms with Crippen molar-refractivity contribution in [1.29, 1.82) is 0 Å². The lowest BCUT2D eigenvalue weighted by Gasteiger charge is -2.34. The van der Waals surface area contributed by atoms with Crippen LogP contribution in [-0.4, -0.2) is 54.6 Å². The lowest BCUT2D eigenvalue weighted by molar-refractivity contribution is -0.143. The van der Waals surface area contributed by atoms with Crippen molar-refractivity contribution in [2.24, 2.45) is 5.92 Å². The molecule has 1 unspecified atom stereocenters. The van der Waals surface area contributed by atoms with Crippen LogP contribution in [0.3, 0.4) is 0 Å². The Morgan fingerprint density at radius 2 is 2.08 bits per heavy atom. The van der Waals surface area contributed by atoms with Crippen LogP contribution < -0.4 is 4.90 Å². The van der Waals surface area contributed by atoms with E-state index >= 15 is 0 Å². The van der Waals surface area contributed by atoms with Gasteiger partial charge in [-0.15, -0.1) is 0 Å². The zero-order chi connectivity index (χ0) is 18.6. The van der Waals surface area contributed by atoms with Crippen LogP contribution in [-0.2, 0) is 11.2 Å². The molecular weight excluding hydrogens is 343 g/mol. The van der Waals surface area contributed by atoms with Crippen molar-refractivity contribution in [3.8, 4) is 0 Å². The van der Waals surface area contributed by atoms with E-state index in [0.29, 0.717) is 13.0 Å². The molecule has 0 aromatic carbocycles. The van der Waals surface area contributed by atoms with Crippen LogP contribution in [0.4, 0.5) is 19.0 Å². The summed E-state index contributed by atoms with van der Waals surface area (Å²) in [7, 11) is 0. The van der Waals surface area contributed by atoms with Gasteiger partial charge in [0.05, 0.1) is 6.04 Å². The summed E-state index contributed by atoms with van der Waals surface area (Å²) in [5.74, 6) is 0.570. The first kappa shape index (κ1) is 19.1. The number of nitrogens with zero attached hydrogens (tertiary/aromatic N) is 3. The van der Waals surface area contributed by atoms with E-state index < -0.39 is 12.6 Å². The highest BCUT2D eigenvalue weighted by Gasteiger charge is 2.35. The van der Waals surface area contributed by atoms with Gasteiger partial charge in [-0.25, -0.2) is 4.98 Å². The molecule has 0 bridgehead atoms. The monoisotopic (exact) mass is 369 g/mol. The molecule has 144 valence electrons. The average molecular weight is 369 g/mol. The zero-order valence-electron chi connectivity index (χ0n) is 14.9. The number of hydrogen-bond acceptors (Lipinski definition) is 4. The lowest BCUT2D eigenvalue weighted by atomic mass is 10.0. The molecule has 0 spiro atoms. The Morgan fingerprint density at radius 1 is 1.23 bits per heavy atom. The largest absolute Gasteiger partial charge is 0.389 e. The van der Waals surface area contributed by atoms with Crippen molar-refractivity contribution < 1.29 is 18.0 Å². The normalized spacial score (nSPS) is 24.8. The molecule has 2 aliphatic heterocycles. The van der Waals surface area contributed by atoms with Crippen molar-refractivity contribution in [2.45, 2.75) is 50.7 Å². The highest BCUT2D eigenvalue weighted by atomic mass is 19.4. The zero-order valence-corrected chi connectivity index (χ0v) is 14.9. The van der Waals surface area contributed by atoms with Crippen LogP contribution in [0.15, 0.2) is 18.3 Å². The Bertz CT molecular complexity index is 608. The molecule has 1 aromatic heterocycles. The summed E-state index contributed by atoms with van der Waals surface area (Å²) >= 11 is 0. The SMILES string of the molecule is O=CC1CCCCN1c1ncccc1CCN1CC[C@@H](CC(F)(F)F)C1. The first-order valence-corrected chi connectivity index (χ1v) is 9.41. The average Bonchev–Trinajstić information content (AvgIpc) is 3.05. The highest BCUT2D eigenvalue weighted by molar-refractivity contribution is 5.66. The number of aldehydes is 1. The second kappa shape index (κ2) is 8.37. The molecule has 4 nitrogen and oxygen atoms in total. The number of piperidine rings is 1. The van der Waals surface area contributed by atoms with Gasteiger partial charge in [0, 0.05) is 32.3 Å². The molecule has 2 aliphatic rings. The maximum atomic E-state index is 12.6. The third kappa shape index (κ3) is 4.96. The van der Waals surface area contributed by atoms with E-state index in [2.05, 4.69) is 14.8 Å². The van der Waals surface area contributed by atoms with E-state index in [1.54, 1.807) is 6.20 Å². The van der Waals surface area contributed by atoms with E-state index in [1.165, 1.54) is 0 Å². The summed E-state index contributed by atoms with van der Waals surface area (Å²) in [5, 5.41) is 0. The minimum atomic E-state index is -4.07. The smallest absolute Gasteiger partial charge is 0.347 e. The molecule has 0 N–H and O–H groups in total. The van der Waals surface area contributed by atoms with Gasteiger partial charge in [0.15, 0.2) is 0 Å². The number of hydrogen-bond donors (Lipinski definition) is 0. The summed E-state index contributed by atoms with van der Waals surface area (Å²) in [5.41, 5.74) is 1.07. The van der Waals surface area contributed by atoms with Gasteiger partial charge in [0.2, 0.25) is 0 Å². The first-order valence-electron chi connectivity index (χ1n) is 9.41. The molecule has 0 radical (unpaired) electrons. The molecule has 2 atom stereocenters. The van der Waals surface area contributed by atoms with Gasteiger partial charge in [-0.1, -0.05) is 6.07 Å². The molecule has 2 saturated heterocycles. The molecular formula is C19H26F3N3O. The summed E-state index contributed by atoms with van der Waals surface area (Å²) in [6.07, 6.45) is 2.28. The molecule has 0 aliphatic carbocycles. The summed E-state index contributed by atoms with van der Waals surface area (Å²) in [4.78, 5) is 20.1. The second-order valence-corrected chi connectivity index (χ2v) is 7.40. The van der Waals surface area contributed by atoms with E-state index in [9.17, 15) is 18.0 Å². The Morgan fingerprint density at radius 3 is 2.85 bits per heavy atom. The Labute approximate surface area is 152 Å². The minimum absolute atomic E-state index is 0.125. The van der Waals surface area contributed by atoms with Crippen molar-refractivity contribution in [1.82, 2.24) is 9.88 Å². The summed E-state index contributed by atoms with van der Waals surface area (Å²) < 4.78 is 37.7. The summed E-state index contributed by atoms with van der Waals surface area (Å²) in [6.45, 7) is 2.78. The molecule has 3 rings (SSSR count). The number of rotatable bonds is 6. The molecule has 3 heterocycles. The van der Waals surface area contributed by atoms with Crippen molar-refractivity contribution >= 4 is 12.1 Å². The van der Waals surface area contributed by atoms with Crippen LogP contribution in [0.1, 0.15) is 37.7 Å². The van der Waals surface area contributed by atoms with Gasteiger partial charge < -0.3 is 14.6 Å². The molecule has 26 heavy (non-hydrogen) atoms. The van der Waals surface area contributed by atoms with Crippen LogP contribution >= 0.6 is 0 Å². The van der Waals surface area contributed by atoms with Gasteiger partial charge in [0.25, 0.3) is 0 Å². The fourth-order valence-corrected chi connectivity index (χ4v) is 4.13. The maximum Gasteiger partial charge on any atom is 0.389 e. The number of likely N-dealkylation sites (tertiary alicyclic amines) is 1. The van der Waals surface area contributed by atoms with Crippen molar-refractivity contribution in [2.75, 3.05) is 31.1 Å². The first-order chi connectivity index (χ1) is 12.5. The Kier molecular flexibility index (Phi) is 6.16. The fraction of sp³-hybridized carbons (Fsp3) is 0.684. The van der Waals surface area contributed by atoms with Gasteiger partial charge >= 0.3 is 6.18 Å². The van der Waals surface area contributed by atoms with Gasteiger partial charge in [0.1, 0.15) is 12.1 Å². The van der Waals surface area contributed by atoms with Crippen LogP contribution in [0.2, 0.25) is 0 Å².